The number of rotatable bonds is 6. The number of carbonyl (C=O) groups is 2. The van der Waals surface area contributed by atoms with Crippen molar-refractivity contribution in [1.82, 2.24) is 5.32 Å². The van der Waals surface area contributed by atoms with E-state index in [9.17, 15) is 19.7 Å². The smallest absolute Gasteiger partial charge is 0.333 e. The van der Waals surface area contributed by atoms with Gasteiger partial charge < -0.3 is 10.1 Å². The minimum Gasteiger partial charge on any atom is -0.489 e. The average Bonchev–Trinajstić information content (AvgIpc) is 3.06. The highest BCUT2D eigenvalue weighted by molar-refractivity contribution is 6.28. The molecule has 1 aliphatic rings. The zero-order valence-corrected chi connectivity index (χ0v) is 16.2. The number of anilines is 1. The maximum Gasteiger partial charge on any atom is 0.333 e. The van der Waals surface area contributed by atoms with Gasteiger partial charge in [0.1, 0.15) is 18.1 Å². The fourth-order valence-corrected chi connectivity index (χ4v) is 3.10. The van der Waals surface area contributed by atoms with E-state index in [2.05, 4.69) is 5.32 Å². The van der Waals surface area contributed by atoms with Crippen molar-refractivity contribution in [2.45, 2.75) is 6.61 Å². The van der Waals surface area contributed by atoms with Crippen LogP contribution >= 0.6 is 0 Å². The molecule has 0 aliphatic carbocycles. The third-order valence-corrected chi connectivity index (χ3v) is 4.61. The molecule has 1 saturated heterocycles. The summed E-state index contributed by atoms with van der Waals surface area (Å²) in [6.07, 6.45) is 1.59. The number of nitrogens with one attached hydrogen (secondary N) is 1. The van der Waals surface area contributed by atoms with E-state index in [1.807, 2.05) is 0 Å². The maximum atomic E-state index is 12.6. The monoisotopic (exact) mass is 415 g/mol. The number of carbonyl (C=O) groups excluding carboxylic acids is 2. The molecule has 1 N–H and O–H groups in total. The van der Waals surface area contributed by atoms with Crippen LogP contribution in [0, 0.1) is 10.1 Å². The highest BCUT2D eigenvalue weighted by Crippen LogP contribution is 2.23. The average molecular weight is 415 g/mol. The van der Waals surface area contributed by atoms with Gasteiger partial charge >= 0.3 is 6.03 Å². The van der Waals surface area contributed by atoms with E-state index >= 15 is 0 Å². The van der Waals surface area contributed by atoms with Gasteiger partial charge in [-0.05, 0) is 41.5 Å². The molecular weight excluding hydrogens is 398 g/mol. The molecule has 31 heavy (non-hydrogen) atoms. The minimum absolute atomic E-state index is 0.0101. The second kappa shape index (κ2) is 8.50. The minimum atomic E-state index is -0.501. The Morgan fingerprint density at radius 1 is 0.968 bits per heavy atom. The largest absolute Gasteiger partial charge is 0.489 e. The Hall–Kier alpha value is -4.46. The Bertz CT molecular complexity index is 1170. The summed E-state index contributed by atoms with van der Waals surface area (Å²) >= 11 is 0. The van der Waals surface area contributed by atoms with Gasteiger partial charge in [0.25, 0.3) is 11.6 Å². The van der Waals surface area contributed by atoms with E-state index in [1.54, 1.807) is 72.8 Å². The number of para-hydroxylation sites is 1. The van der Waals surface area contributed by atoms with E-state index in [0.717, 1.165) is 4.90 Å². The molecule has 3 aromatic rings. The quantitative estimate of drug-likeness (QED) is 0.280. The zero-order valence-electron chi connectivity index (χ0n) is 16.2. The van der Waals surface area contributed by atoms with Crippen molar-refractivity contribution < 1.29 is 19.2 Å². The topological polar surface area (TPSA) is 102 Å². The summed E-state index contributed by atoms with van der Waals surface area (Å²) in [6.45, 7) is 0.183. The first kappa shape index (κ1) is 19.8. The summed E-state index contributed by atoms with van der Waals surface area (Å²) in [4.78, 5) is 36.3. The summed E-state index contributed by atoms with van der Waals surface area (Å²) in [5, 5.41) is 13.4. The lowest BCUT2D eigenvalue weighted by Gasteiger charge is -2.10. The molecule has 1 heterocycles. The van der Waals surface area contributed by atoms with Crippen molar-refractivity contribution in [2.24, 2.45) is 0 Å². The molecule has 0 bridgehead atoms. The van der Waals surface area contributed by atoms with Crippen molar-refractivity contribution in [3.8, 4) is 5.75 Å². The van der Waals surface area contributed by atoms with Crippen LogP contribution in [0.2, 0.25) is 0 Å². The van der Waals surface area contributed by atoms with Gasteiger partial charge in [-0.3, -0.25) is 14.9 Å². The number of hydrogen-bond donors (Lipinski definition) is 1. The molecule has 1 fully saturated rings. The first-order valence-electron chi connectivity index (χ1n) is 9.39. The Morgan fingerprint density at radius 2 is 1.71 bits per heavy atom. The van der Waals surface area contributed by atoms with Crippen LogP contribution < -0.4 is 15.0 Å². The van der Waals surface area contributed by atoms with Crippen LogP contribution in [-0.2, 0) is 11.4 Å². The standard InChI is InChI=1S/C23H17N3O5/c27-22-21(24-23(28)25(22)18-6-2-1-3-7-18)14-16-9-11-20(12-10-16)31-15-17-5-4-8-19(13-17)26(29)30/h1-14H,15H2,(H,24,28)/b21-14+. The summed E-state index contributed by atoms with van der Waals surface area (Å²) in [5.41, 5.74) is 2.08. The van der Waals surface area contributed by atoms with Crippen LogP contribution in [0.1, 0.15) is 11.1 Å². The fraction of sp³-hybridized carbons (Fsp3) is 0.0435. The first-order chi connectivity index (χ1) is 15.0. The van der Waals surface area contributed by atoms with Crippen LogP contribution in [0.25, 0.3) is 6.08 Å². The summed E-state index contributed by atoms with van der Waals surface area (Å²) in [7, 11) is 0. The molecule has 0 unspecified atom stereocenters. The number of imide groups is 1. The van der Waals surface area contributed by atoms with Crippen molar-refractivity contribution in [2.75, 3.05) is 4.90 Å². The fourth-order valence-electron chi connectivity index (χ4n) is 3.10. The summed E-state index contributed by atoms with van der Waals surface area (Å²) < 4.78 is 5.68. The van der Waals surface area contributed by atoms with E-state index in [1.165, 1.54) is 12.1 Å². The molecule has 0 atom stereocenters. The first-order valence-corrected chi connectivity index (χ1v) is 9.39. The number of benzene rings is 3. The Morgan fingerprint density at radius 3 is 2.42 bits per heavy atom. The van der Waals surface area contributed by atoms with Gasteiger partial charge in [-0.15, -0.1) is 0 Å². The molecule has 3 amide bonds. The van der Waals surface area contributed by atoms with Crippen molar-refractivity contribution in [3.63, 3.8) is 0 Å². The molecule has 0 aromatic heterocycles. The van der Waals surface area contributed by atoms with E-state index in [-0.39, 0.29) is 18.0 Å². The molecule has 8 nitrogen and oxygen atoms in total. The molecule has 0 saturated carbocycles. The van der Waals surface area contributed by atoms with Crippen LogP contribution in [0.3, 0.4) is 0 Å². The number of non-ortho nitro benzene ring substituents is 1. The highest BCUT2D eigenvalue weighted by atomic mass is 16.6. The normalized spacial score (nSPS) is 14.6. The van der Waals surface area contributed by atoms with Gasteiger partial charge in [0.05, 0.1) is 10.6 Å². The van der Waals surface area contributed by atoms with E-state index < -0.39 is 16.9 Å². The van der Waals surface area contributed by atoms with Crippen LogP contribution in [0.5, 0.6) is 5.75 Å². The number of amides is 3. The van der Waals surface area contributed by atoms with Gasteiger partial charge in [-0.2, -0.15) is 0 Å². The molecule has 3 aromatic carbocycles. The molecule has 0 spiro atoms. The number of nitro groups is 1. The maximum absolute atomic E-state index is 12.6. The lowest BCUT2D eigenvalue weighted by atomic mass is 10.1. The predicted molar refractivity (Wildman–Crippen MR) is 114 cm³/mol. The number of hydrogen-bond acceptors (Lipinski definition) is 5. The van der Waals surface area contributed by atoms with Gasteiger partial charge in [0.15, 0.2) is 0 Å². The van der Waals surface area contributed by atoms with Crippen molar-refractivity contribution in [3.05, 3.63) is 106 Å². The Labute approximate surface area is 177 Å². The van der Waals surface area contributed by atoms with Crippen molar-refractivity contribution in [1.29, 1.82) is 0 Å². The molecule has 0 radical (unpaired) electrons. The predicted octanol–water partition coefficient (Wildman–Crippen LogP) is 4.27. The van der Waals surface area contributed by atoms with Crippen LogP contribution in [0.4, 0.5) is 16.2 Å². The lowest BCUT2D eigenvalue weighted by molar-refractivity contribution is -0.384. The van der Waals surface area contributed by atoms with Gasteiger partial charge in [-0.1, -0.05) is 42.5 Å². The van der Waals surface area contributed by atoms with E-state index in [4.69, 9.17) is 4.74 Å². The van der Waals surface area contributed by atoms with Crippen LogP contribution in [0.15, 0.2) is 84.6 Å². The molecular formula is C23H17N3O5. The second-order valence-electron chi connectivity index (χ2n) is 6.75. The van der Waals surface area contributed by atoms with Crippen molar-refractivity contribution >= 4 is 29.4 Å². The number of urea groups is 1. The second-order valence-corrected chi connectivity index (χ2v) is 6.75. The third-order valence-electron chi connectivity index (χ3n) is 4.61. The molecule has 1 aliphatic heterocycles. The van der Waals surface area contributed by atoms with Gasteiger partial charge in [-0.25, -0.2) is 9.69 Å². The summed E-state index contributed by atoms with van der Waals surface area (Å²) in [5.74, 6) is 0.142. The van der Waals surface area contributed by atoms with Gasteiger partial charge in [0, 0.05) is 12.1 Å². The molecule has 154 valence electrons. The molecule has 8 heteroatoms. The number of ether oxygens (including phenoxy) is 1. The highest BCUT2D eigenvalue weighted by Gasteiger charge is 2.34. The zero-order chi connectivity index (χ0) is 21.8. The molecule has 4 rings (SSSR count). The third kappa shape index (κ3) is 4.43. The SMILES string of the molecule is O=C1N/C(=C/c2ccc(OCc3cccc([N+](=O)[O-])c3)cc2)C(=O)N1c1ccccc1. The van der Waals surface area contributed by atoms with Gasteiger partial charge in [0.2, 0.25) is 0 Å². The Balaban J connectivity index is 1.43. The number of nitrogens with zero attached hydrogens (tertiary/aromatic N) is 2. The van der Waals surface area contributed by atoms with Crippen LogP contribution in [-0.4, -0.2) is 16.9 Å². The summed E-state index contributed by atoms with van der Waals surface area (Å²) in [6, 6.07) is 21.4. The lowest BCUT2D eigenvalue weighted by Crippen LogP contribution is -2.30. The number of nitro benzene ring substituents is 1. The Kier molecular flexibility index (Phi) is 5.44. The van der Waals surface area contributed by atoms with E-state index in [0.29, 0.717) is 22.6 Å².